The molecule has 3 aromatic rings. The molecule has 140 valence electrons. The molecule has 0 aliphatic heterocycles. The Morgan fingerprint density at radius 2 is 2.00 bits per heavy atom. The van der Waals surface area contributed by atoms with Gasteiger partial charge in [0.2, 0.25) is 0 Å². The van der Waals surface area contributed by atoms with Gasteiger partial charge in [-0.05, 0) is 43.7 Å². The average molecular weight is 368 g/mol. The van der Waals surface area contributed by atoms with E-state index in [0.717, 1.165) is 10.9 Å². The molecule has 1 N–H and O–H groups in total. The predicted molar refractivity (Wildman–Crippen MR) is 99.6 cm³/mol. The Morgan fingerprint density at radius 1 is 1.22 bits per heavy atom. The molecule has 7 heteroatoms. The van der Waals surface area contributed by atoms with Crippen molar-refractivity contribution >= 4 is 28.5 Å². The maximum Gasteiger partial charge on any atom is 0.312 e. The van der Waals surface area contributed by atoms with Gasteiger partial charge in [-0.3, -0.25) is 9.59 Å². The molecule has 0 aliphatic carbocycles. The number of amides is 1. The highest BCUT2D eigenvalue weighted by Crippen LogP contribution is 2.25. The van der Waals surface area contributed by atoms with Gasteiger partial charge in [-0.1, -0.05) is 23.4 Å². The lowest BCUT2D eigenvalue weighted by Crippen LogP contribution is -2.30. The normalized spacial score (nSPS) is 11.8. The number of aromatic nitrogens is 1. The minimum atomic E-state index is -0.971. The highest BCUT2D eigenvalue weighted by atomic mass is 16.5. The Balaban J connectivity index is 1.62. The standard InChI is InChI=1S/C20H20N2O5/c1-12-8-9-18(25-3)16(10-12)21-20(24)13(2)26-19(23)11-15-14-6-4-5-7-17(14)27-22-15/h4-10,13H,11H2,1-3H3,(H,21,24)/t13-/m1/s1. The molecular formula is C20H20N2O5. The summed E-state index contributed by atoms with van der Waals surface area (Å²) in [6.07, 6.45) is -1.05. The van der Waals surface area contributed by atoms with E-state index in [0.29, 0.717) is 22.7 Å². The van der Waals surface area contributed by atoms with Crippen molar-refractivity contribution in [1.29, 1.82) is 0 Å². The molecule has 1 heterocycles. The van der Waals surface area contributed by atoms with Gasteiger partial charge in [0.15, 0.2) is 11.7 Å². The number of hydrogen-bond acceptors (Lipinski definition) is 6. The van der Waals surface area contributed by atoms with Crippen LogP contribution in [0.5, 0.6) is 5.75 Å². The third-order valence-corrected chi connectivity index (χ3v) is 4.05. The van der Waals surface area contributed by atoms with Crippen molar-refractivity contribution in [2.45, 2.75) is 26.4 Å². The number of nitrogens with zero attached hydrogens (tertiary/aromatic N) is 1. The van der Waals surface area contributed by atoms with Gasteiger partial charge in [-0.2, -0.15) is 0 Å². The molecule has 27 heavy (non-hydrogen) atoms. The Hall–Kier alpha value is -3.35. The first-order valence-corrected chi connectivity index (χ1v) is 8.46. The first kappa shape index (κ1) is 18.4. The molecule has 3 rings (SSSR count). The number of rotatable bonds is 6. The number of carbonyl (C=O) groups is 2. The van der Waals surface area contributed by atoms with Crippen LogP contribution in [0.3, 0.4) is 0 Å². The van der Waals surface area contributed by atoms with Crippen LogP contribution in [0.1, 0.15) is 18.2 Å². The molecule has 1 amide bonds. The van der Waals surface area contributed by atoms with Crippen LogP contribution in [-0.2, 0) is 20.7 Å². The van der Waals surface area contributed by atoms with Crippen LogP contribution in [0.4, 0.5) is 5.69 Å². The highest BCUT2D eigenvalue weighted by molar-refractivity contribution is 5.96. The van der Waals surface area contributed by atoms with Crippen molar-refractivity contribution < 1.29 is 23.6 Å². The highest BCUT2D eigenvalue weighted by Gasteiger charge is 2.21. The molecule has 1 aromatic heterocycles. The van der Waals surface area contributed by atoms with Gasteiger partial charge in [0, 0.05) is 5.39 Å². The summed E-state index contributed by atoms with van der Waals surface area (Å²) in [5, 5.41) is 7.36. The van der Waals surface area contributed by atoms with Crippen LogP contribution >= 0.6 is 0 Å². The van der Waals surface area contributed by atoms with Crippen molar-refractivity contribution in [3.8, 4) is 5.75 Å². The quantitative estimate of drug-likeness (QED) is 0.672. The number of aryl methyl sites for hydroxylation is 1. The maximum atomic E-state index is 12.4. The summed E-state index contributed by atoms with van der Waals surface area (Å²) in [5.41, 5.74) is 2.56. The Bertz CT molecular complexity index is 979. The van der Waals surface area contributed by atoms with Crippen molar-refractivity contribution in [3.63, 3.8) is 0 Å². The Labute approximate surface area is 156 Å². The summed E-state index contributed by atoms with van der Waals surface area (Å²) >= 11 is 0. The number of para-hydroxylation sites is 1. The molecule has 0 saturated carbocycles. The van der Waals surface area contributed by atoms with Gasteiger partial charge >= 0.3 is 5.97 Å². The van der Waals surface area contributed by atoms with E-state index in [-0.39, 0.29) is 6.42 Å². The number of benzene rings is 2. The minimum Gasteiger partial charge on any atom is -0.495 e. The molecule has 2 aromatic carbocycles. The van der Waals surface area contributed by atoms with E-state index in [9.17, 15) is 9.59 Å². The van der Waals surface area contributed by atoms with E-state index >= 15 is 0 Å². The lowest BCUT2D eigenvalue weighted by Gasteiger charge is -2.15. The van der Waals surface area contributed by atoms with Gasteiger partial charge in [0.25, 0.3) is 5.91 Å². The van der Waals surface area contributed by atoms with E-state index in [1.165, 1.54) is 14.0 Å². The van der Waals surface area contributed by atoms with Crippen molar-refractivity contribution in [2.24, 2.45) is 0 Å². The summed E-state index contributed by atoms with van der Waals surface area (Å²) in [6, 6.07) is 12.7. The fraction of sp³-hybridized carbons (Fsp3) is 0.250. The number of ether oxygens (including phenoxy) is 2. The molecule has 0 aliphatic rings. The molecule has 0 radical (unpaired) electrons. The summed E-state index contributed by atoms with van der Waals surface area (Å²) in [7, 11) is 1.52. The molecule has 0 bridgehead atoms. The maximum absolute atomic E-state index is 12.4. The Kier molecular flexibility index (Phi) is 5.40. The second-order valence-corrected chi connectivity index (χ2v) is 6.13. The summed E-state index contributed by atoms with van der Waals surface area (Å²) in [4.78, 5) is 24.6. The van der Waals surface area contributed by atoms with Crippen molar-refractivity contribution in [1.82, 2.24) is 5.16 Å². The first-order valence-electron chi connectivity index (χ1n) is 8.46. The van der Waals surface area contributed by atoms with Crippen LogP contribution in [0.15, 0.2) is 47.0 Å². The zero-order valence-corrected chi connectivity index (χ0v) is 15.3. The second kappa shape index (κ2) is 7.90. The van der Waals surface area contributed by atoms with Gasteiger partial charge in [-0.15, -0.1) is 0 Å². The molecule has 1 atom stereocenters. The molecular weight excluding hydrogens is 348 g/mol. The number of fused-ring (bicyclic) bond motifs is 1. The summed E-state index contributed by atoms with van der Waals surface area (Å²) in [6.45, 7) is 3.41. The van der Waals surface area contributed by atoms with Gasteiger partial charge in [0.1, 0.15) is 11.4 Å². The first-order chi connectivity index (χ1) is 13.0. The third kappa shape index (κ3) is 4.25. The van der Waals surface area contributed by atoms with E-state index in [2.05, 4.69) is 10.5 Å². The fourth-order valence-corrected chi connectivity index (χ4v) is 2.65. The van der Waals surface area contributed by atoms with Gasteiger partial charge in [-0.25, -0.2) is 0 Å². The van der Waals surface area contributed by atoms with E-state index in [4.69, 9.17) is 14.0 Å². The van der Waals surface area contributed by atoms with E-state index in [1.807, 2.05) is 31.2 Å². The number of esters is 1. The lowest BCUT2D eigenvalue weighted by atomic mass is 10.2. The monoisotopic (exact) mass is 368 g/mol. The van der Waals surface area contributed by atoms with Crippen LogP contribution in [0.2, 0.25) is 0 Å². The average Bonchev–Trinajstić information content (AvgIpc) is 3.05. The van der Waals surface area contributed by atoms with E-state index in [1.54, 1.807) is 18.2 Å². The molecule has 0 saturated heterocycles. The van der Waals surface area contributed by atoms with Crippen LogP contribution in [0.25, 0.3) is 11.0 Å². The number of methoxy groups -OCH3 is 1. The summed E-state index contributed by atoms with van der Waals surface area (Å²) < 4.78 is 15.6. The second-order valence-electron chi connectivity index (χ2n) is 6.13. The SMILES string of the molecule is COc1ccc(C)cc1NC(=O)[C@@H](C)OC(=O)Cc1noc2ccccc12. The number of anilines is 1. The van der Waals surface area contributed by atoms with Gasteiger partial charge < -0.3 is 19.3 Å². The largest absolute Gasteiger partial charge is 0.495 e. The summed E-state index contributed by atoms with van der Waals surface area (Å²) in [5.74, 6) is -0.480. The zero-order chi connectivity index (χ0) is 19.4. The number of carbonyl (C=O) groups excluding carboxylic acids is 2. The third-order valence-electron chi connectivity index (χ3n) is 4.05. The zero-order valence-electron chi connectivity index (χ0n) is 15.3. The van der Waals surface area contributed by atoms with Crippen LogP contribution < -0.4 is 10.1 Å². The smallest absolute Gasteiger partial charge is 0.312 e. The molecule has 0 spiro atoms. The molecule has 0 unspecified atom stereocenters. The molecule has 0 fully saturated rings. The van der Waals surface area contributed by atoms with Gasteiger partial charge in [0.05, 0.1) is 19.2 Å². The van der Waals surface area contributed by atoms with Crippen molar-refractivity contribution in [2.75, 3.05) is 12.4 Å². The van der Waals surface area contributed by atoms with Crippen LogP contribution in [0, 0.1) is 6.92 Å². The lowest BCUT2D eigenvalue weighted by molar-refractivity contribution is -0.152. The van der Waals surface area contributed by atoms with E-state index < -0.39 is 18.0 Å². The number of nitrogens with one attached hydrogen (secondary N) is 1. The predicted octanol–water partition coefficient (Wildman–Crippen LogP) is 3.26. The fourth-order valence-electron chi connectivity index (χ4n) is 2.65. The number of hydrogen-bond donors (Lipinski definition) is 1. The molecule has 7 nitrogen and oxygen atoms in total. The van der Waals surface area contributed by atoms with Crippen LogP contribution in [-0.4, -0.2) is 30.2 Å². The van der Waals surface area contributed by atoms with Crippen molar-refractivity contribution in [3.05, 3.63) is 53.7 Å². The minimum absolute atomic E-state index is 0.0810. The topological polar surface area (TPSA) is 90.7 Å². The Morgan fingerprint density at radius 3 is 2.78 bits per heavy atom.